The van der Waals surface area contributed by atoms with E-state index in [1.165, 1.54) is 23.6 Å². The Hall–Kier alpha value is -0.390. The second-order valence-electron chi connectivity index (χ2n) is 5.22. The molecule has 0 bridgehead atoms. The van der Waals surface area contributed by atoms with Gasteiger partial charge in [0.15, 0.2) is 0 Å². The maximum atomic E-state index is 12.5. The molecule has 106 valence electrons. The van der Waals surface area contributed by atoms with E-state index in [2.05, 4.69) is 15.9 Å². The van der Waals surface area contributed by atoms with E-state index in [0.29, 0.717) is 21.8 Å². The van der Waals surface area contributed by atoms with Gasteiger partial charge in [0.05, 0.1) is 4.90 Å². The molecular formula is C14H20BrNO2S. The molecule has 1 aliphatic carbocycles. The molecule has 0 aliphatic heterocycles. The molecule has 2 rings (SSSR count). The maximum Gasteiger partial charge on any atom is 0.243 e. The molecule has 0 atom stereocenters. The first-order valence-corrected chi connectivity index (χ1v) is 8.96. The monoisotopic (exact) mass is 345 g/mol. The van der Waals surface area contributed by atoms with Gasteiger partial charge in [-0.1, -0.05) is 31.4 Å². The van der Waals surface area contributed by atoms with E-state index >= 15 is 0 Å². The fraction of sp³-hybridized carbons (Fsp3) is 0.571. The highest BCUT2D eigenvalue weighted by Crippen LogP contribution is 2.28. The minimum Gasteiger partial charge on any atom is -0.207 e. The van der Waals surface area contributed by atoms with Crippen LogP contribution in [0.15, 0.2) is 33.6 Å². The second-order valence-corrected chi connectivity index (χ2v) is 8.09. The van der Waals surface area contributed by atoms with Crippen molar-refractivity contribution in [1.82, 2.24) is 4.31 Å². The van der Waals surface area contributed by atoms with Crippen LogP contribution in [0.3, 0.4) is 0 Å². The minimum absolute atomic E-state index is 0.355. The van der Waals surface area contributed by atoms with Crippen LogP contribution in [0.1, 0.15) is 32.1 Å². The van der Waals surface area contributed by atoms with Gasteiger partial charge in [-0.05, 0) is 46.8 Å². The number of benzene rings is 1. The Balaban J connectivity index is 2.13. The Bertz CT molecular complexity index is 524. The van der Waals surface area contributed by atoms with Gasteiger partial charge in [-0.2, -0.15) is 0 Å². The van der Waals surface area contributed by atoms with Gasteiger partial charge in [0.2, 0.25) is 10.0 Å². The molecule has 1 aromatic rings. The Morgan fingerprint density at radius 3 is 2.47 bits per heavy atom. The number of halogens is 1. The molecule has 0 aromatic heterocycles. The summed E-state index contributed by atoms with van der Waals surface area (Å²) < 4.78 is 27.2. The number of rotatable bonds is 4. The molecule has 0 spiro atoms. The van der Waals surface area contributed by atoms with Gasteiger partial charge in [0.1, 0.15) is 0 Å². The molecule has 0 saturated heterocycles. The van der Waals surface area contributed by atoms with Gasteiger partial charge in [0, 0.05) is 18.1 Å². The minimum atomic E-state index is -3.38. The van der Waals surface area contributed by atoms with Gasteiger partial charge < -0.3 is 0 Å². The molecule has 0 amide bonds. The number of nitrogens with zero attached hydrogens (tertiary/aromatic N) is 1. The first-order valence-electron chi connectivity index (χ1n) is 6.72. The molecule has 5 heteroatoms. The summed E-state index contributed by atoms with van der Waals surface area (Å²) in [6.07, 6.45) is 6.05. The van der Waals surface area contributed by atoms with Gasteiger partial charge in [-0.15, -0.1) is 0 Å². The fourth-order valence-electron chi connectivity index (χ4n) is 2.65. The summed E-state index contributed by atoms with van der Waals surface area (Å²) >= 11 is 3.32. The molecule has 19 heavy (non-hydrogen) atoms. The van der Waals surface area contributed by atoms with E-state index in [-0.39, 0.29) is 0 Å². The van der Waals surface area contributed by atoms with Crippen LogP contribution >= 0.6 is 15.9 Å². The summed E-state index contributed by atoms with van der Waals surface area (Å²) in [6.45, 7) is 0.629. The van der Waals surface area contributed by atoms with Crippen LogP contribution in [0.2, 0.25) is 0 Å². The van der Waals surface area contributed by atoms with E-state index in [1.807, 2.05) is 6.07 Å². The third kappa shape index (κ3) is 3.58. The van der Waals surface area contributed by atoms with Crippen molar-refractivity contribution in [2.45, 2.75) is 37.0 Å². The van der Waals surface area contributed by atoms with Crippen molar-refractivity contribution in [3.8, 4) is 0 Å². The zero-order valence-corrected chi connectivity index (χ0v) is 13.6. The summed E-state index contributed by atoms with van der Waals surface area (Å²) in [5.41, 5.74) is 0. The summed E-state index contributed by atoms with van der Waals surface area (Å²) in [4.78, 5) is 0.355. The molecular weight excluding hydrogens is 326 g/mol. The molecule has 0 radical (unpaired) electrons. The van der Waals surface area contributed by atoms with Crippen LogP contribution < -0.4 is 0 Å². The molecule has 0 heterocycles. The van der Waals surface area contributed by atoms with Gasteiger partial charge in [0.25, 0.3) is 0 Å². The van der Waals surface area contributed by atoms with E-state index in [4.69, 9.17) is 0 Å². The van der Waals surface area contributed by atoms with E-state index in [1.54, 1.807) is 25.2 Å². The van der Waals surface area contributed by atoms with Crippen LogP contribution in [0, 0.1) is 5.92 Å². The average molecular weight is 346 g/mol. The predicted octanol–water partition coefficient (Wildman–Crippen LogP) is 3.65. The van der Waals surface area contributed by atoms with Crippen molar-refractivity contribution in [3.63, 3.8) is 0 Å². The third-order valence-electron chi connectivity index (χ3n) is 3.76. The van der Waals surface area contributed by atoms with E-state index < -0.39 is 10.0 Å². The van der Waals surface area contributed by atoms with Crippen molar-refractivity contribution >= 4 is 26.0 Å². The highest BCUT2D eigenvalue weighted by Gasteiger charge is 2.26. The second kappa shape index (κ2) is 6.37. The average Bonchev–Trinajstić information content (AvgIpc) is 2.40. The lowest BCUT2D eigenvalue weighted by Gasteiger charge is -2.26. The molecule has 1 aliphatic rings. The van der Waals surface area contributed by atoms with Gasteiger partial charge in [-0.25, -0.2) is 12.7 Å². The van der Waals surface area contributed by atoms with Crippen LogP contribution in [-0.4, -0.2) is 26.3 Å². The third-order valence-corrected chi connectivity index (χ3v) is 6.60. The first-order chi connectivity index (χ1) is 9.01. The summed E-state index contributed by atoms with van der Waals surface area (Å²) in [7, 11) is -1.70. The van der Waals surface area contributed by atoms with E-state index in [9.17, 15) is 8.42 Å². The number of hydrogen-bond donors (Lipinski definition) is 0. The Morgan fingerprint density at radius 2 is 1.84 bits per heavy atom. The largest absolute Gasteiger partial charge is 0.243 e. The molecule has 1 saturated carbocycles. The van der Waals surface area contributed by atoms with Gasteiger partial charge >= 0.3 is 0 Å². The van der Waals surface area contributed by atoms with Crippen molar-refractivity contribution < 1.29 is 8.42 Å². The standard InChI is InChI=1S/C14H20BrNO2S/c1-16(11-12-7-3-2-4-8-12)19(17,18)14-10-6-5-9-13(14)15/h5-6,9-10,12H,2-4,7-8,11H2,1H3. The van der Waals surface area contributed by atoms with Gasteiger partial charge in [-0.3, -0.25) is 0 Å². The summed E-state index contributed by atoms with van der Waals surface area (Å²) in [5.74, 6) is 0.510. The Kier molecular flexibility index (Phi) is 5.03. The van der Waals surface area contributed by atoms with Crippen LogP contribution in [0.4, 0.5) is 0 Å². The number of hydrogen-bond acceptors (Lipinski definition) is 2. The normalized spacial score (nSPS) is 17.8. The fourth-order valence-corrected chi connectivity index (χ4v) is 4.86. The van der Waals surface area contributed by atoms with Crippen molar-refractivity contribution in [3.05, 3.63) is 28.7 Å². The first kappa shape index (κ1) is 15.0. The molecule has 1 aromatic carbocycles. The smallest absolute Gasteiger partial charge is 0.207 e. The number of sulfonamides is 1. The lowest BCUT2D eigenvalue weighted by atomic mass is 9.89. The topological polar surface area (TPSA) is 37.4 Å². The van der Waals surface area contributed by atoms with Crippen molar-refractivity contribution in [2.75, 3.05) is 13.6 Å². The quantitative estimate of drug-likeness (QED) is 0.835. The molecule has 3 nitrogen and oxygen atoms in total. The predicted molar refractivity (Wildman–Crippen MR) is 80.5 cm³/mol. The lowest BCUT2D eigenvalue weighted by molar-refractivity contribution is 0.300. The highest BCUT2D eigenvalue weighted by molar-refractivity contribution is 9.10. The van der Waals surface area contributed by atoms with E-state index in [0.717, 1.165) is 12.8 Å². The Morgan fingerprint density at radius 1 is 1.21 bits per heavy atom. The summed E-state index contributed by atoms with van der Waals surface area (Å²) in [6, 6.07) is 6.99. The maximum absolute atomic E-state index is 12.5. The highest BCUT2D eigenvalue weighted by atomic mass is 79.9. The van der Waals surface area contributed by atoms with Crippen LogP contribution in [0.25, 0.3) is 0 Å². The van der Waals surface area contributed by atoms with Crippen LogP contribution in [0.5, 0.6) is 0 Å². The Labute approximate surface area is 124 Å². The van der Waals surface area contributed by atoms with Crippen molar-refractivity contribution in [1.29, 1.82) is 0 Å². The molecule has 0 N–H and O–H groups in total. The lowest BCUT2D eigenvalue weighted by Crippen LogP contribution is -2.32. The van der Waals surface area contributed by atoms with Crippen LogP contribution in [-0.2, 0) is 10.0 Å². The van der Waals surface area contributed by atoms with Crippen molar-refractivity contribution in [2.24, 2.45) is 5.92 Å². The molecule has 1 fully saturated rings. The molecule has 0 unspecified atom stereocenters. The zero-order chi connectivity index (χ0) is 13.9. The zero-order valence-electron chi connectivity index (χ0n) is 11.2. The summed E-state index contributed by atoms with van der Waals surface area (Å²) in [5, 5.41) is 0. The SMILES string of the molecule is CN(CC1CCCCC1)S(=O)(=O)c1ccccc1Br.